The molecular formula is C34H51BrO18. The Labute approximate surface area is 316 Å². The predicted octanol–water partition coefficient (Wildman–Crippen LogP) is 2.36. The van der Waals surface area contributed by atoms with Gasteiger partial charge >= 0.3 is 41.8 Å². The van der Waals surface area contributed by atoms with E-state index >= 15 is 0 Å². The normalized spacial score (nSPS) is 28.2. The molecule has 2 aliphatic heterocycles. The van der Waals surface area contributed by atoms with Crippen molar-refractivity contribution in [2.45, 2.75) is 148 Å². The first-order valence-corrected chi connectivity index (χ1v) is 18.4. The fourth-order valence-corrected chi connectivity index (χ4v) is 6.11. The molecule has 0 aliphatic carbocycles. The SMILES string of the molecule is CC(=O)OC[C@H]1O[C@H](O[C@H]2[C@H](OC(C)=O)[C@@H](OC(C)=O)[C@H](OCCCCCCCCBr)O[C@@H]2COC(C)=O)[C@H](OC(C)=O)[C@@H](OC(C)=O)[C@@H]1OC(C)=O. The largest absolute Gasteiger partial charge is 0.463 e. The van der Waals surface area contributed by atoms with Crippen LogP contribution in [0.25, 0.3) is 0 Å². The lowest BCUT2D eigenvalue weighted by Gasteiger charge is -2.48. The van der Waals surface area contributed by atoms with Crippen LogP contribution in [0.2, 0.25) is 0 Å². The van der Waals surface area contributed by atoms with Crippen molar-refractivity contribution >= 4 is 57.7 Å². The highest BCUT2D eigenvalue weighted by atomic mass is 79.9. The second-order valence-electron chi connectivity index (χ2n) is 12.3. The summed E-state index contributed by atoms with van der Waals surface area (Å²) in [5.41, 5.74) is 0. The van der Waals surface area contributed by atoms with Gasteiger partial charge in [-0.2, -0.15) is 0 Å². The molecule has 0 aromatic carbocycles. The summed E-state index contributed by atoms with van der Waals surface area (Å²) in [7, 11) is 0. The van der Waals surface area contributed by atoms with Gasteiger partial charge in [-0.05, 0) is 12.8 Å². The highest BCUT2D eigenvalue weighted by molar-refractivity contribution is 9.09. The van der Waals surface area contributed by atoms with Crippen molar-refractivity contribution in [2.24, 2.45) is 0 Å². The highest BCUT2D eigenvalue weighted by Crippen LogP contribution is 2.35. The third-order valence-electron chi connectivity index (χ3n) is 7.70. The van der Waals surface area contributed by atoms with Crippen LogP contribution in [-0.2, 0) is 85.7 Å². The van der Waals surface area contributed by atoms with Crippen LogP contribution < -0.4 is 0 Å². The molecule has 2 aliphatic rings. The predicted molar refractivity (Wildman–Crippen MR) is 181 cm³/mol. The molecule has 0 radical (unpaired) electrons. The molecule has 0 aromatic rings. The number of carbonyl (C=O) groups is 7. The summed E-state index contributed by atoms with van der Waals surface area (Å²) in [5, 5.41) is 0.934. The maximum atomic E-state index is 12.6. The van der Waals surface area contributed by atoms with Gasteiger partial charge in [0.05, 0.1) is 0 Å². The summed E-state index contributed by atoms with van der Waals surface area (Å²) in [4.78, 5) is 85.6. The standard InChI is InChI=1S/C34H51BrO18/c1-18(36)44-16-25-27(46-20(3)38)29(47-21(4)39)32(50-24(7)42)34(52-25)53-28-26(17-45-19(2)37)51-33(43-15-13-11-9-8-10-12-14-35)31(49-23(6)41)30(28)48-22(5)40/h25-34H,8-17H2,1-7H3/t25-,26-,27-,28-,29+,30+,31-,32-,33-,34-/m1/s1. The van der Waals surface area contributed by atoms with Crippen molar-refractivity contribution in [1.29, 1.82) is 0 Å². The quantitative estimate of drug-likeness (QED) is 0.0744. The van der Waals surface area contributed by atoms with Crippen LogP contribution in [0, 0.1) is 0 Å². The van der Waals surface area contributed by atoms with Crippen molar-refractivity contribution in [1.82, 2.24) is 0 Å². The van der Waals surface area contributed by atoms with E-state index in [-0.39, 0.29) is 6.61 Å². The molecular weight excluding hydrogens is 776 g/mol. The molecule has 2 heterocycles. The minimum atomic E-state index is -1.76. The summed E-state index contributed by atoms with van der Waals surface area (Å²) in [6.07, 6.45) is -9.43. The monoisotopic (exact) mass is 826 g/mol. The number of halogens is 1. The minimum Gasteiger partial charge on any atom is -0.463 e. The van der Waals surface area contributed by atoms with Crippen molar-refractivity contribution < 1.29 is 85.7 Å². The van der Waals surface area contributed by atoms with Gasteiger partial charge in [-0.15, -0.1) is 0 Å². The molecule has 18 nitrogen and oxygen atoms in total. The Morgan fingerprint density at radius 1 is 0.453 bits per heavy atom. The smallest absolute Gasteiger partial charge is 0.303 e. The lowest BCUT2D eigenvalue weighted by Crippen LogP contribution is -2.67. The van der Waals surface area contributed by atoms with Gasteiger partial charge in [0.1, 0.15) is 31.5 Å². The summed E-state index contributed by atoms with van der Waals surface area (Å²) in [6.45, 7) is 6.77. The number of unbranched alkanes of at least 4 members (excludes halogenated alkanes) is 5. The number of hydrogen-bond acceptors (Lipinski definition) is 18. The Bertz CT molecular complexity index is 1240. The molecule has 2 fully saturated rings. The summed E-state index contributed by atoms with van der Waals surface area (Å²) >= 11 is 3.42. The fraction of sp³-hybridized carbons (Fsp3) is 0.794. The third kappa shape index (κ3) is 16.3. The van der Waals surface area contributed by atoms with E-state index in [4.69, 9.17) is 52.1 Å². The van der Waals surface area contributed by atoms with Crippen molar-refractivity contribution in [3.05, 3.63) is 0 Å². The highest BCUT2D eigenvalue weighted by Gasteiger charge is 2.57. The zero-order valence-corrected chi connectivity index (χ0v) is 32.7. The van der Waals surface area contributed by atoms with Crippen LogP contribution in [0.1, 0.15) is 87.0 Å². The first-order valence-electron chi connectivity index (χ1n) is 17.3. The molecule has 53 heavy (non-hydrogen) atoms. The molecule has 0 bridgehead atoms. The van der Waals surface area contributed by atoms with Crippen LogP contribution in [0.4, 0.5) is 0 Å². The number of hydrogen-bond donors (Lipinski definition) is 0. The summed E-state index contributed by atoms with van der Waals surface area (Å²) < 4.78 is 62.6. The molecule has 0 saturated carbocycles. The van der Waals surface area contributed by atoms with Gasteiger partial charge in [-0.1, -0.05) is 41.6 Å². The van der Waals surface area contributed by atoms with Gasteiger partial charge < -0.3 is 52.1 Å². The Kier molecular flexibility index (Phi) is 20.2. The van der Waals surface area contributed by atoms with E-state index in [0.29, 0.717) is 6.42 Å². The summed E-state index contributed by atoms with van der Waals surface area (Å²) in [5.74, 6) is -5.68. The molecule has 10 atom stereocenters. The van der Waals surface area contributed by atoms with Crippen molar-refractivity contribution in [2.75, 3.05) is 25.2 Å². The van der Waals surface area contributed by atoms with Gasteiger partial charge in [0, 0.05) is 60.4 Å². The Balaban J connectivity index is 2.59. The van der Waals surface area contributed by atoms with Gasteiger partial charge in [-0.25, -0.2) is 0 Å². The lowest BCUT2D eigenvalue weighted by molar-refractivity contribution is -0.361. The molecule has 302 valence electrons. The fourth-order valence-electron chi connectivity index (χ4n) is 5.71. The van der Waals surface area contributed by atoms with Gasteiger partial charge in [0.15, 0.2) is 43.1 Å². The van der Waals surface area contributed by atoms with Gasteiger partial charge in [-0.3, -0.25) is 33.6 Å². The number of esters is 7. The zero-order valence-electron chi connectivity index (χ0n) is 31.1. The molecule has 2 saturated heterocycles. The van der Waals surface area contributed by atoms with Gasteiger partial charge in [0.2, 0.25) is 0 Å². The van der Waals surface area contributed by atoms with Gasteiger partial charge in [0.25, 0.3) is 0 Å². The van der Waals surface area contributed by atoms with Crippen LogP contribution in [0.3, 0.4) is 0 Å². The Morgan fingerprint density at radius 2 is 0.830 bits per heavy atom. The van der Waals surface area contributed by atoms with E-state index in [1.165, 1.54) is 0 Å². The molecule has 19 heteroatoms. The first-order chi connectivity index (χ1) is 25.0. The number of ether oxygens (including phenoxy) is 11. The number of carbonyl (C=O) groups excluding carboxylic acids is 7. The topological polar surface area (TPSA) is 221 Å². The molecule has 0 spiro atoms. The van der Waals surface area contributed by atoms with E-state index in [1.54, 1.807) is 0 Å². The lowest BCUT2D eigenvalue weighted by atomic mass is 9.96. The molecule has 0 amide bonds. The Hall–Kier alpha value is -3.39. The molecule has 0 aromatic heterocycles. The summed E-state index contributed by atoms with van der Waals surface area (Å²) in [6, 6.07) is 0. The van der Waals surface area contributed by atoms with Crippen LogP contribution in [0.5, 0.6) is 0 Å². The van der Waals surface area contributed by atoms with Crippen molar-refractivity contribution in [3.63, 3.8) is 0 Å². The molecule has 2 rings (SSSR count). The maximum Gasteiger partial charge on any atom is 0.303 e. The second kappa shape index (κ2) is 23.4. The van der Waals surface area contributed by atoms with Crippen LogP contribution in [0.15, 0.2) is 0 Å². The number of alkyl halides is 1. The van der Waals surface area contributed by atoms with E-state index in [1.807, 2.05) is 0 Å². The molecule has 0 unspecified atom stereocenters. The van der Waals surface area contributed by atoms with E-state index < -0.39 is 116 Å². The van der Waals surface area contributed by atoms with Crippen LogP contribution >= 0.6 is 15.9 Å². The molecule has 0 N–H and O–H groups in total. The minimum absolute atomic E-state index is 0.166. The van der Waals surface area contributed by atoms with E-state index in [9.17, 15) is 33.6 Å². The average molecular weight is 828 g/mol. The average Bonchev–Trinajstić information content (AvgIpc) is 3.04. The third-order valence-corrected chi connectivity index (χ3v) is 8.26. The zero-order chi connectivity index (χ0) is 39.7. The van der Waals surface area contributed by atoms with Crippen LogP contribution in [-0.4, -0.2) is 128 Å². The van der Waals surface area contributed by atoms with Crippen molar-refractivity contribution in [3.8, 4) is 0 Å². The second-order valence-corrected chi connectivity index (χ2v) is 13.1. The Morgan fingerprint density at radius 3 is 1.30 bits per heavy atom. The maximum absolute atomic E-state index is 12.6. The van der Waals surface area contributed by atoms with E-state index in [0.717, 1.165) is 85.9 Å². The van der Waals surface area contributed by atoms with E-state index in [2.05, 4.69) is 15.9 Å². The first kappa shape index (κ1) is 45.8. The number of rotatable bonds is 20.